The minimum absolute atomic E-state index is 0.133. The van der Waals surface area contributed by atoms with Crippen molar-refractivity contribution < 1.29 is 13.2 Å². The van der Waals surface area contributed by atoms with Crippen LogP contribution in [0.1, 0.15) is 40.4 Å². The predicted octanol–water partition coefficient (Wildman–Crippen LogP) is 5.10. The van der Waals surface area contributed by atoms with Crippen LogP contribution in [0.25, 0.3) is 0 Å². The molecule has 0 unspecified atom stereocenters. The first-order valence-electron chi connectivity index (χ1n) is 10.3. The molecule has 0 aliphatic heterocycles. The molecule has 2 N–H and O–H groups in total. The number of pyridine rings is 1. The summed E-state index contributed by atoms with van der Waals surface area (Å²) >= 11 is 1.43. The van der Waals surface area contributed by atoms with Crippen LogP contribution in [-0.4, -0.2) is 25.9 Å². The van der Waals surface area contributed by atoms with Gasteiger partial charge in [-0.2, -0.15) is 0 Å². The quantitative estimate of drug-likeness (QED) is 0.479. The molecule has 3 aromatic rings. The van der Waals surface area contributed by atoms with E-state index in [1.165, 1.54) is 11.8 Å². The molecule has 32 heavy (non-hydrogen) atoms. The minimum Gasteiger partial charge on any atom is -0.352 e. The highest BCUT2D eigenvalue weighted by atomic mass is 32.2. The molecule has 8 heteroatoms. The van der Waals surface area contributed by atoms with Gasteiger partial charge in [0, 0.05) is 23.3 Å². The lowest BCUT2D eigenvalue weighted by molar-refractivity contribution is 0.0953. The highest BCUT2D eigenvalue weighted by Gasteiger charge is 2.18. The van der Waals surface area contributed by atoms with Gasteiger partial charge in [0.1, 0.15) is 5.03 Å². The summed E-state index contributed by atoms with van der Waals surface area (Å²) in [5.41, 5.74) is 3.72. The van der Waals surface area contributed by atoms with Crippen molar-refractivity contribution in [3.63, 3.8) is 0 Å². The van der Waals surface area contributed by atoms with Gasteiger partial charge < -0.3 is 5.32 Å². The van der Waals surface area contributed by atoms with Gasteiger partial charge in [-0.05, 0) is 86.3 Å². The SMILES string of the molecule is CCCNC(=O)c1ccc(Sc2ccc(NS(=O)(=O)c3cc(C)c(C)cc3C)cc2)nc1. The predicted molar refractivity (Wildman–Crippen MR) is 129 cm³/mol. The van der Waals surface area contributed by atoms with Gasteiger partial charge in [-0.15, -0.1) is 0 Å². The molecular weight excluding hydrogens is 442 g/mol. The molecule has 0 atom stereocenters. The first kappa shape index (κ1) is 23.8. The number of amides is 1. The van der Waals surface area contributed by atoms with Gasteiger partial charge in [-0.1, -0.05) is 24.8 Å². The Morgan fingerprint density at radius 3 is 2.28 bits per heavy atom. The van der Waals surface area contributed by atoms with E-state index >= 15 is 0 Å². The third-order valence-corrected chi connectivity index (χ3v) is 7.43. The average molecular weight is 470 g/mol. The van der Waals surface area contributed by atoms with Crippen LogP contribution in [-0.2, 0) is 10.0 Å². The van der Waals surface area contributed by atoms with Crippen LogP contribution in [0.2, 0.25) is 0 Å². The average Bonchev–Trinajstić information content (AvgIpc) is 2.76. The lowest BCUT2D eigenvalue weighted by Gasteiger charge is -2.13. The zero-order valence-corrected chi connectivity index (χ0v) is 20.2. The highest BCUT2D eigenvalue weighted by Crippen LogP contribution is 2.28. The van der Waals surface area contributed by atoms with Gasteiger partial charge in [0.15, 0.2) is 0 Å². The number of carbonyl (C=O) groups is 1. The molecule has 1 amide bonds. The fourth-order valence-corrected chi connectivity index (χ4v) is 5.19. The van der Waals surface area contributed by atoms with Crippen molar-refractivity contribution in [1.82, 2.24) is 10.3 Å². The van der Waals surface area contributed by atoms with Crippen molar-refractivity contribution in [2.45, 2.75) is 48.9 Å². The zero-order chi connectivity index (χ0) is 23.3. The fourth-order valence-electron chi connectivity index (χ4n) is 3.06. The molecule has 0 fully saturated rings. The number of aromatic nitrogens is 1. The first-order valence-corrected chi connectivity index (χ1v) is 12.6. The number of rotatable bonds is 8. The second-order valence-corrected chi connectivity index (χ2v) is 10.3. The van der Waals surface area contributed by atoms with Crippen LogP contribution >= 0.6 is 11.8 Å². The number of carbonyl (C=O) groups excluding carboxylic acids is 1. The Morgan fingerprint density at radius 2 is 1.66 bits per heavy atom. The van der Waals surface area contributed by atoms with E-state index in [1.54, 1.807) is 43.5 Å². The Kier molecular flexibility index (Phi) is 7.58. The van der Waals surface area contributed by atoms with Crippen molar-refractivity contribution in [1.29, 1.82) is 0 Å². The molecule has 0 aliphatic carbocycles. The smallest absolute Gasteiger partial charge is 0.262 e. The van der Waals surface area contributed by atoms with Crippen LogP contribution in [0.4, 0.5) is 5.69 Å². The van der Waals surface area contributed by atoms with E-state index in [0.717, 1.165) is 27.5 Å². The Hall–Kier alpha value is -2.84. The first-order chi connectivity index (χ1) is 15.2. The molecule has 6 nitrogen and oxygen atoms in total. The summed E-state index contributed by atoms with van der Waals surface area (Å²) in [4.78, 5) is 17.5. The number of sulfonamides is 1. The number of anilines is 1. The Balaban J connectivity index is 1.68. The molecule has 0 bridgehead atoms. The van der Waals surface area contributed by atoms with Crippen LogP contribution in [0.3, 0.4) is 0 Å². The Labute approximate surface area is 193 Å². The third kappa shape index (κ3) is 5.89. The summed E-state index contributed by atoms with van der Waals surface area (Å²) in [6.45, 7) is 8.30. The molecule has 0 spiro atoms. The van der Waals surface area contributed by atoms with E-state index in [-0.39, 0.29) is 10.8 Å². The summed E-state index contributed by atoms with van der Waals surface area (Å²) < 4.78 is 28.4. The number of nitrogens with zero attached hydrogens (tertiary/aromatic N) is 1. The van der Waals surface area contributed by atoms with Gasteiger partial charge in [0.25, 0.3) is 15.9 Å². The second kappa shape index (κ2) is 10.2. The summed E-state index contributed by atoms with van der Waals surface area (Å²) in [7, 11) is -3.68. The monoisotopic (exact) mass is 469 g/mol. The zero-order valence-electron chi connectivity index (χ0n) is 18.6. The van der Waals surface area contributed by atoms with E-state index in [1.807, 2.05) is 39.0 Å². The van der Waals surface area contributed by atoms with Gasteiger partial charge in [-0.3, -0.25) is 9.52 Å². The van der Waals surface area contributed by atoms with E-state index in [2.05, 4.69) is 15.0 Å². The van der Waals surface area contributed by atoms with Crippen LogP contribution in [0.15, 0.2) is 69.5 Å². The van der Waals surface area contributed by atoms with E-state index in [4.69, 9.17) is 0 Å². The van der Waals surface area contributed by atoms with Crippen molar-refractivity contribution in [2.75, 3.05) is 11.3 Å². The lowest BCUT2D eigenvalue weighted by atomic mass is 10.1. The van der Waals surface area contributed by atoms with Crippen LogP contribution in [0.5, 0.6) is 0 Å². The molecule has 0 radical (unpaired) electrons. The number of aryl methyl sites for hydroxylation is 3. The van der Waals surface area contributed by atoms with E-state index in [9.17, 15) is 13.2 Å². The molecule has 1 aromatic heterocycles. The summed E-state index contributed by atoms with van der Waals surface area (Å²) in [6, 6.07) is 14.2. The molecule has 0 saturated carbocycles. The molecule has 3 rings (SSSR count). The Bertz CT molecular complexity index is 1210. The maximum atomic E-state index is 12.9. The van der Waals surface area contributed by atoms with E-state index < -0.39 is 10.0 Å². The standard InChI is InChI=1S/C24H27N3O3S2/c1-5-12-25-24(28)19-6-11-23(26-15-19)31-21-9-7-20(8-10-21)27-32(29,30)22-14-17(3)16(2)13-18(22)4/h6-11,13-15,27H,5,12H2,1-4H3,(H,25,28). The lowest BCUT2D eigenvalue weighted by Crippen LogP contribution is -2.23. The topological polar surface area (TPSA) is 88.2 Å². The Morgan fingerprint density at radius 1 is 0.969 bits per heavy atom. The maximum absolute atomic E-state index is 12.9. The summed E-state index contributed by atoms with van der Waals surface area (Å²) in [5.74, 6) is -0.133. The largest absolute Gasteiger partial charge is 0.352 e. The molecular formula is C24H27N3O3S2. The molecule has 0 aliphatic rings. The van der Waals surface area contributed by atoms with Gasteiger partial charge in [0.2, 0.25) is 0 Å². The molecule has 168 valence electrons. The summed E-state index contributed by atoms with van der Waals surface area (Å²) in [6.07, 6.45) is 2.44. The number of nitrogens with one attached hydrogen (secondary N) is 2. The van der Waals surface area contributed by atoms with Crippen LogP contribution in [0, 0.1) is 20.8 Å². The van der Waals surface area contributed by atoms with Crippen molar-refractivity contribution in [2.24, 2.45) is 0 Å². The fraction of sp³-hybridized carbons (Fsp3) is 0.250. The summed E-state index contributed by atoms with van der Waals surface area (Å²) in [5, 5.41) is 3.57. The van der Waals surface area contributed by atoms with Crippen molar-refractivity contribution >= 4 is 33.4 Å². The molecule has 0 saturated heterocycles. The van der Waals surface area contributed by atoms with Gasteiger partial charge >= 0.3 is 0 Å². The van der Waals surface area contributed by atoms with Gasteiger partial charge in [-0.25, -0.2) is 13.4 Å². The minimum atomic E-state index is -3.68. The number of hydrogen-bond acceptors (Lipinski definition) is 5. The van der Waals surface area contributed by atoms with E-state index in [0.29, 0.717) is 23.4 Å². The van der Waals surface area contributed by atoms with Crippen molar-refractivity contribution in [3.8, 4) is 0 Å². The van der Waals surface area contributed by atoms with Crippen molar-refractivity contribution in [3.05, 3.63) is 77.0 Å². The highest BCUT2D eigenvalue weighted by molar-refractivity contribution is 7.99. The third-order valence-electron chi connectivity index (χ3n) is 4.94. The second-order valence-electron chi connectivity index (χ2n) is 7.57. The maximum Gasteiger partial charge on any atom is 0.262 e. The van der Waals surface area contributed by atoms with Gasteiger partial charge in [0.05, 0.1) is 10.5 Å². The van der Waals surface area contributed by atoms with Crippen LogP contribution < -0.4 is 10.0 Å². The number of hydrogen-bond donors (Lipinski definition) is 2. The molecule has 2 aromatic carbocycles. The number of benzene rings is 2. The normalized spacial score (nSPS) is 11.2. The molecule has 1 heterocycles.